The summed E-state index contributed by atoms with van der Waals surface area (Å²) in [5.74, 6) is -1.16. The molecule has 4 nitrogen and oxygen atoms in total. The Bertz CT molecular complexity index is 444. The van der Waals surface area contributed by atoms with E-state index in [1.165, 1.54) is 5.57 Å². The van der Waals surface area contributed by atoms with Crippen LogP contribution < -0.4 is 5.32 Å². The Labute approximate surface area is 100 Å². The monoisotopic (exact) mass is 235 g/mol. The number of allylic oxidation sites excluding steroid dienone is 1. The number of aliphatic carboxylic acids is 1. The summed E-state index contributed by atoms with van der Waals surface area (Å²) in [7, 11) is 0. The maximum Gasteiger partial charge on any atom is 0.337 e. The van der Waals surface area contributed by atoms with E-state index < -0.39 is 5.97 Å². The summed E-state index contributed by atoms with van der Waals surface area (Å²) in [6, 6.07) is 0. The van der Waals surface area contributed by atoms with E-state index in [9.17, 15) is 14.7 Å². The maximum atomic E-state index is 11.6. The molecule has 0 unspecified atom stereocenters. The zero-order valence-electron chi connectivity index (χ0n) is 10.2. The molecular formula is C13H17NO3. The molecule has 0 aliphatic heterocycles. The summed E-state index contributed by atoms with van der Waals surface area (Å²) >= 11 is 0. The third-order valence-corrected chi connectivity index (χ3v) is 3.34. The van der Waals surface area contributed by atoms with Gasteiger partial charge in [0, 0.05) is 18.0 Å². The third kappa shape index (κ3) is 2.12. The van der Waals surface area contributed by atoms with E-state index in [0.29, 0.717) is 17.7 Å². The molecule has 0 fully saturated rings. The Morgan fingerprint density at radius 1 is 1.29 bits per heavy atom. The van der Waals surface area contributed by atoms with E-state index in [1.807, 2.05) is 0 Å². The molecular weight excluding hydrogens is 218 g/mol. The molecule has 0 saturated carbocycles. The third-order valence-electron chi connectivity index (χ3n) is 3.34. The second-order valence-corrected chi connectivity index (χ2v) is 4.92. The van der Waals surface area contributed by atoms with Crippen molar-refractivity contribution >= 4 is 11.9 Å². The molecule has 2 N–H and O–H groups in total. The molecule has 0 bridgehead atoms. The highest BCUT2D eigenvalue weighted by molar-refractivity contribution is 5.96. The van der Waals surface area contributed by atoms with Crippen LogP contribution in [0.2, 0.25) is 0 Å². The molecule has 0 aromatic rings. The summed E-state index contributed by atoms with van der Waals surface area (Å²) in [4.78, 5) is 22.9. The molecule has 0 aromatic heterocycles. The van der Waals surface area contributed by atoms with Crippen molar-refractivity contribution in [3.05, 3.63) is 22.4 Å². The number of rotatable bonds is 3. The highest BCUT2D eigenvalue weighted by atomic mass is 16.4. The Balaban J connectivity index is 2.24. The van der Waals surface area contributed by atoms with Gasteiger partial charge in [-0.1, -0.05) is 19.4 Å². The van der Waals surface area contributed by atoms with E-state index >= 15 is 0 Å². The van der Waals surface area contributed by atoms with Crippen LogP contribution >= 0.6 is 0 Å². The molecule has 2 rings (SSSR count). The predicted molar refractivity (Wildman–Crippen MR) is 63.1 cm³/mol. The van der Waals surface area contributed by atoms with Gasteiger partial charge in [0.05, 0.1) is 5.57 Å². The predicted octanol–water partition coefficient (Wildman–Crippen LogP) is 1.98. The SMILES string of the molecule is CC(C)C(=O)NC1=C(C(=O)O)C2=C(CCC2)C1. The topological polar surface area (TPSA) is 66.4 Å². The van der Waals surface area contributed by atoms with Gasteiger partial charge in [0.1, 0.15) is 0 Å². The van der Waals surface area contributed by atoms with Crippen molar-refractivity contribution < 1.29 is 14.7 Å². The van der Waals surface area contributed by atoms with Gasteiger partial charge in [-0.3, -0.25) is 4.79 Å². The molecule has 0 aromatic carbocycles. The Kier molecular flexibility index (Phi) is 3.05. The Morgan fingerprint density at radius 3 is 2.59 bits per heavy atom. The highest BCUT2D eigenvalue weighted by Gasteiger charge is 2.32. The first-order valence-electron chi connectivity index (χ1n) is 5.99. The van der Waals surface area contributed by atoms with Crippen LogP contribution in [0.5, 0.6) is 0 Å². The fourth-order valence-corrected chi connectivity index (χ4v) is 2.44. The quantitative estimate of drug-likeness (QED) is 0.786. The average Bonchev–Trinajstić information content (AvgIpc) is 2.75. The summed E-state index contributed by atoms with van der Waals surface area (Å²) in [5, 5.41) is 12.0. The number of amides is 1. The number of carboxylic acids is 1. The van der Waals surface area contributed by atoms with Crippen molar-refractivity contribution in [3.8, 4) is 0 Å². The minimum absolute atomic E-state index is 0.111. The standard InChI is InChI=1S/C13H17NO3/c1-7(2)12(15)14-10-6-8-4-3-5-9(8)11(10)13(16)17/h7H,3-6H2,1-2H3,(H,14,15)(H,16,17). The van der Waals surface area contributed by atoms with Crippen LogP contribution in [-0.4, -0.2) is 17.0 Å². The first-order valence-corrected chi connectivity index (χ1v) is 5.99. The van der Waals surface area contributed by atoms with E-state index in [1.54, 1.807) is 13.8 Å². The van der Waals surface area contributed by atoms with Gasteiger partial charge in [-0.05, 0) is 24.8 Å². The van der Waals surface area contributed by atoms with Crippen molar-refractivity contribution in [2.24, 2.45) is 5.92 Å². The van der Waals surface area contributed by atoms with Crippen molar-refractivity contribution in [1.82, 2.24) is 5.32 Å². The van der Waals surface area contributed by atoms with Crippen molar-refractivity contribution in [2.45, 2.75) is 39.5 Å². The van der Waals surface area contributed by atoms with Crippen molar-refractivity contribution in [3.63, 3.8) is 0 Å². The second kappa shape index (κ2) is 4.35. The number of hydrogen-bond donors (Lipinski definition) is 2. The Morgan fingerprint density at radius 2 is 2.00 bits per heavy atom. The normalized spacial score (nSPS) is 19.0. The van der Waals surface area contributed by atoms with Crippen LogP contribution in [0.25, 0.3) is 0 Å². The fourth-order valence-electron chi connectivity index (χ4n) is 2.44. The lowest BCUT2D eigenvalue weighted by Gasteiger charge is -2.11. The summed E-state index contributed by atoms with van der Waals surface area (Å²) < 4.78 is 0. The van der Waals surface area contributed by atoms with Gasteiger partial charge in [0.2, 0.25) is 5.91 Å². The van der Waals surface area contributed by atoms with E-state index in [-0.39, 0.29) is 11.8 Å². The van der Waals surface area contributed by atoms with Gasteiger partial charge in [0.25, 0.3) is 0 Å². The van der Waals surface area contributed by atoms with Gasteiger partial charge in [-0.15, -0.1) is 0 Å². The zero-order valence-corrected chi connectivity index (χ0v) is 10.2. The first kappa shape index (κ1) is 11.9. The highest BCUT2D eigenvalue weighted by Crippen LogP contribution is 2.41. The van der Waals surface area contributed by atoms with Gasteiger partial charge in [0.15, 0.2) is 0 Å². The molecule has 0 atom stereocenters. The number of hydrogen-bond acceptors (Lipinski definition) is 2. The van der Waals surface area contributed by atoms with Crippen LogP contribution in [-0.2, 0) is 9.59 Å². The minimum Gasteiger partial charge on any atom is -0.478 e. The van der Waals surface area contributed by atoms with Gasteiger partial charge in [-0.2, -0.15) is 0 Å². The Hall–Kier alpha value is -1.58. The molecule has 1 amide bonds. The molecule has 17 heavy (non-hydrogen) atoms. The second-order valence-electron chi connectivity index (χ2n) is 4.92. The number of carboxylic acid groups (broad SMARTS) is 1. The zero-order chi connectivity index (χ0) is 12.6. The molecule has 92 valence electrons. The molecule has 0 radical (unpaired) electrons. The molecule has 4 heteroatoms. The first-order chi connectivity index (χ1) is 8.00. The van der Waals surface area contributed by atoms with E-state index in [4.69, 9.17) is 0 Å². The number of carbonyl (C=O) groups excluding carboxylic acids is 1. The average molecular weight is 235 g/mol. The lowest BCUT2D eigenvalue weighted by Crippen LogP contribution is -2.28. The van der Waals surface area contributed by atoms with Crippen molar-refractivity contribution in [2.75, 3.05) is 0 Å². The van der Waals surface area contributed by atoms with Crippen LogP contribution in [0.15, 0.2) is 22.4 Å². The van der Waals surface area contributed by atoms with Crippen LogP contribution in [0.3, 0.4) is 0 Å². The minimum atomic E-state index is -0.920. The molecule has 0 spiro atoms. The molecule has 0 heterocycles. The van der Waals surface area contributed by atoms with Gasteiger partial charge in [-0.25, -0.2) is 4.79 Å². The lowest BCUT2D eigenvalue weighted by molar-refractivity contribution is -0.132. The maximum absolute atomic E-state index is 11.6. The molecule has 2 aliphatic carbocycles. The van der Waals surface area contributed by atoms with Crippen LogP contribution in [0, 0.1) is 5.92 Å². The lowest BCUT2D eigenvalue weighted by atomic mass is 10.1. The van der Waals surface area contributed by atoms with E-state index in [2.05, 4.69) is 5.32 Å². The van der Waals surface area contributed by atoms with Gasteiger partial charge < -0.3 is 10.4 Å². The number of carbonyl (C=O) groups is 2. The van der Waals surface area contributed by atoms with Crippen LogP contribution in [0.1, 0.15) is 39.5 Å². The summed E-state index contributed by atoms with van der Waals surface area (Å²) in [6.45, 7) is 3.60. The van der Waals surface area contributed by atoms with E-state index in [0.717, 1.165) is 24.8 Å². The van der Waals surface area contributed by atoms with Crippen molar-refractivity contribution in [1.29, 1.82) is 0 Å². The summed E-state index contributed by atoms with van der Waals surface area (Å²) in [5.41, 5.74) is 3.07. The number of nitrogens with one attached hydrogen (secondary N) is 1. The molecule has 0 saturated heterocycles. The summed E-state index contributed by atoms with van der Waals surface area (Å²) in [6.07, 6.45) is 3.44. The van der Waals surface area contributed by atoms with Gasteiger partial charge >= 0.3 is 5.97 Å². The molecule has 2 aliphatic rings. The van der Waals surface area contributed by atoms with Crippen LogP contribution in [0.4, 0.5) is 0 Å². The largest absolute Gasteiger partial charge is 0.478 e. The smallest absolute Gasteiger partial charge is 0.337 e. The fraction of sp³-hybridized carbons (Fsp3) is 0.538.